The van der Waals surface area contributed by atoms with E-state index in [1.54, 1.807) is 12.1 Å². The van der Waals surface area contributed by atoms with Crippen LogP contribution in [0.5, 0.6) is 0 Å². The molecule has 7 nitrogen and oxygen atoms in total. The van der Waals surface area contributed by atoms with Crippen LogP contribution in [0.25, 0.3) is 11.3 Å². The molecule has 0 aliphatic rings. The van der Waals surface area contributed by atoms with Gasteiger partial charge in [-0.2, -0.15) is 5.10 Å². The van der Waals surface area contributed by atoms with Crippen molar-refractivity contribution in [1.29, 1.82) is 0 Å². The van der Waals surface area contributed by atoms with Crippen LogP contribution in [0.2, 0.25) is 0 Å². The van der Waals surface area contributed by atoms with E-state index in [2.05, 4.69) is 15.7 Å². The van der Waals surface area contributed by atoms with Crippen LogP contribution in [0.4, 0.5) is 11.4 Å². The summed E-state index contributed by atoms with van der Waals surface area (Å²) in [5, 5.41) is 10.0. The van der Waals surface area contributed by atoms with Crippen LogP contribution in [0.3, 0.4) is 0 Å². The van der Waals surface area contributed by atoms with E-state index in [0.29, 0.717) is 17.1 Å². The SMILES string of the molecule is Cc1cccc(NC(=O)Cn2nc(-c3ccc(C)c(NC(=O)C(C)C)c3)ccc2=O)c1. The Kier molecular flexibility index (Phi) is 6.65. The summed E-state index contributed by atoms with van der Waals surface area (Å²) in [5.74, 6) is -0.563. The lowest BCUT2D eigenvalue weighted by molar-refractivity contribution is -0.119. The van der Waals surface area contributed by atoms with E-state index >= 15 is 0 Å². The zero-order valence-corrected chi connectivity index (χ0v) is 18.1. The Balaban J connectivity index is 1.83. The Morgan fingerprint density at radius 1 is 1.00 bits per heavy atom. The van der Waals surface area contributed by atoms with E-state index in [4.69, 9.17) is 0 Å². The highest BCUT2D eigenvalue weighted by atomic mass is 16.2. The molecule has 1 heterocycles. The Morgan fingerprint density at radius 3 is 2.48 bits per heavy atom. The summed E-state index contributed by atoms with van der Waals surface area (Å²) in [5.41, 5.74) is 4.19. The van der Waals surface area contributed by atoms with Gasteiger partial charge in [0, 0.05) is 28.9 Å². The summed E-state index contributed by atoms with van der Waals surface area (Å²) in [6.45, 7) is 7.29. The number of hydrogen-bond donors (Lipinski definition) is 2. The molecule has 31 heavy (non-hydrogen) atoms. The first-order valence-corrected chi connectivity index (χ1v) is 10.1. The first-order valence-electron chi connectivity index (χ1n) is 10.1. The van der Waals surface area contributed by atoms with Crippen LogP contribution in [-0.4, -0.2) is 21.6 Å². The van der Waals surface area contributed by atoms with Gasteiger partial charge in [0.2, 0.25) is 11.8 Å². The lowest BCUT2D eigenvalue weighted by Gasteiger charge is -2.13. The predicted octanol–water partition coefficient (Wildman–Crippen LogP) is 3.76. The summed E-state index contributed by atoms with van der Waals surface area (Å²) < 4.78 is 1.13. The van der Waals surface area contributed by atoms with Crippen molar-refractivity contribution < 1.29 is 9.59 Å². The van der Waals surface area contributed by atoms with Gasteiger partial charge in [0.15, 0.2) is 0 Å². The number of amides is 2. The zero-order valence-electron chi connectivity index (χ0n) is 18.1. The standard InChI is InChI=1S/C24H26N4O3/c1-15(2)24(31)26-21-13-18(9-8-17(21)4)20-10-11-23(30)28(27-20)14-22(29)25-19-7-5-6-16(3)12-19/h5-13,15H,14H2,1-4H3,(H,25,29)(H,26,31). The first kappa shape index (κ1) is 22.0. The molecule has 0 fully saturated rings. The van der Waals surface area contributed by atoms with Crippen molar-refractivity contribution in [2.75, 3.05) is 10.6 Å². The van der Waals surface area contributed by atoms with Gasteiger partial charge in [0.25, 0.3) is 5.56 Å². The number of carbonyl (C=O) groups is 2. The van der Waals surface area contributed by atoms with Gasteiger partial charge in [-0.05, 0) is 49.2 Å². The smallest absolute Gasteiger partial charge is 0.267 e. The molecule has 2 aromatic carbocycles. The van der Waals surface area contributed by atoms with E-state index in [-0.39, 0.29) is 29.8 Å². The molecule has 2 N–H and O–H groups in total. The molecule has 3 rings (SSSR count). The third-order valence-corrected chi connectivity index (χ3v) is 4.78. The molecule has 0 spiro atoms. The van der Waals surface area contributed by atoms with Crippen molar-refractivity contribution in [3.63, 3.8) is 0 Å². The zero-order chi connectivity index (χ0) is 22.5. The van der Waals surface area contributed by atoms with Gasteiger partial charge in [-0.15, -0.1) is 0 Å². The second-order valence-electron chi connectivity index (χ2n) is 7.81. The van der Waals surface area contributed by atoms with Gasteiger partial charge in [0.05, 0.1) is 5.69 Å². The van der Waals surface area contributed by atoms with Crippen molar-refractivity contribution in [3.8, 4) is 11.3 Å². The van der Waals surface area contributed by atoms with Crippen molar-refractivity contribution in [2.24, 2.45) is 5.92 Å². The van der Waals surface area contributed by atoms with Gasteiger partial charge in [0.1, 0.15) is 6.54 Å². The number of aryl methyl sites for hydroxylation is 2. The van der Waals surface area contributed by atoms with Gasteiger partial charge in [-0.1, -0.05) is 38.1 Å². The lowest BCUT2D eigenvalue weighted by Crippen LogP contribution is -2.29. The highest BCUT2D eigenvalue weighted by Gasteiger charge is 2.12. The van der Waals surface area contributed by atoms with E-state index in [9.17, 15) is 14.4 Å². The number of aromatic nitrogens is 2. The number of nitrogens with zero attached hydrogens (tertiary/aromatic N) is 2. The Labute approximate surface area is 181 Å². The van der Waals surface area contributed by atoms with Crippen LogP contribution in [-0.2, 0) is 16.1 Å². The van der Waals surface area contributed by atoms with Crippen LogP contribution >= 0.6 is 0 Å². The molecule has 0 radical (unpaired) electrons. The molecule has 0 unspecified atom stereocenters. The van der Waals surface area contributed by atoms with Gasteiger partial charge >= 0.3 is 0 Å². The number of anilines is 2. The molecule has 0 bridgehead atoms. The number of rotatable bonds is 6. The van der Waals surface area contributed by atoms with E-state index < -0.39 is 0 Å². The fraction of sp³-hybridized carbons (Fsp3) is 0.250. The molecular formula is C24H26N4O3. The minimum atomic E-state index is -0.372. The Hall–Kier alpha value is -3.74. The molecule has 0 saturated carbocycles. The fourth-order valence-electron chi connectivity index (χ4n) is 2.97. The monoisotopic (exact) mass is 418 g/mol. The van der Waals surface area contributed by atoms with Crippen molar-refractivity contribution >= 4 is 23.2 Å². The van der Waals surface area contributed by atoms with Crippen LogP contribution in [0.1, 0.15) is 25.0 Å². The van der Waals surface area contributed by atoms with Crippen LogP contribution < -0.4 is 16.2 Å². The molecule has 1 aromatic heterocycles. The number of hydrogen-bond acceptors (Lipinski definition) is 4. The summed E-state index contributed by atoms with van der Waals surface area (Å²) >= 11 is 0. The van der Waals surface area contributed by atoms with Crippen molar-refractivity contribution in [2.45, 2.75) is 34.2 Å². The lowest BCUT2D eigenvalue weighted by atomic mass is 10.1. The number of carbonyl (C=O) groups excluding carboxylic acids is 2. The summed E-state index contributed by atoms with van der Waals surface area (Å²) in [4.78, 5) is 36.8. The third kappa shape index (κ3) is 5.66. The van der Waals surface area contributed by atoms with Crippen molar-refractivity contribution in [3.05, 3.63) is 76.1 Å². The predicted molar refractivity (Wildman–Crippen MR) is 122 cm³/mol. The minimum absolute atomic E-state index is 0.0778. The normalized spacial score (nSPS) is 10.7. The van der Waals surface area contributed by atoms with Gasteiger partial charge < -0.3 is 10.6 Å². The summed E-state index contributed by atoms with van der Waals surface area (Å²) in [6.07, 6.45) is 0. The maximum absolute atomic E-state index is 12.4. The molecule has 2 amide bonds. The second-order valence-corrected chi connectivity index (χ2v) is 7.81. The average Bonchev–Trinajstić information content (AvgIpc) is 2.71. The topological polar surface area (TPSA) is 93.1 Å². The van der Waals surface area contributed by atoms with Gasteiger partial charge in [-0.3, -0.25) is 14.4 Å². The molecule has 0 aliphatic carbocycles. The van der Waals surface area contributed by atoms with E-state index in [0.717, 1.165) is 21.4 Å². The quantitative estimate of drug-likeness (QED) is 0.637. The number of nitrogens with one attached hydrogen (secondary N) is 2. The second kappa shape index (κ2) is 9.38. The Bertz CT molecular complexity index is 1180. The largest absolute Gasteiger partial charge is 0.326 e. The average molecular weight is 418 g/mol. The molecule has 160 valence electrons. The van der Waals surface area contributed by atoms with Crippen molar-refractivity contribution in [1.82, 2.24) is 9.78 Å². The third-order valence-electron chi connectivity index (χ3n) is 4.78. The highest BCUT2D eigenvalue weighted by molar-refractivity contribution is 5.93. The molecule has 0 saturated heterocycles. The molecule has 0 atom stereocenters. The van der Waals surface area contributed by atoms with E-state index in [1.807, 2.05) is 64.1 Å². The maximum atomic E-state index is 12.4. The minimum Gasteiger partial charge on any atom is -0.326 e. The van der Waals surface area contributed by atoms with E-state index in [1.165, 1.54) is 6.07 Å². The first-order chi connectivity index (χ1) is 14.7. The molecule has 3 aromatic rings. The summed E-state index contributed by atoms with van der Waals surface area (Å²) in [6, 6.07) is 16.0. The van der Waals surface area contributed by atoms with Crippen LogP contribution in [0.15, 0.2) is 59.4 Å². The fourth-order valence-corrected chi connectivity index (χ4v) is 2.97. The van der Waals surface area contributed by atoms with Gasteiger partial charge in [-0.25, -0.2) is 4.68 Å². The molecule has 0 aliphatic heterocycles. The Morgan fingerprint density at radius 2 is 1.77 bits per heavy atom. The molecular weight excluding hydrogens is 392 g/mol. The highest BCUT2D eigenvalue weighted by Crippen LogP contribution is 2.24. The molecule has 7 heteroatoms. The maximum Gasteiger partial charge on any atom is 0.267 e. The van der Waals surface area contributed by atoms with Crippen LogP contribution in [0, 0.1) is 19.8 Å². The number of benzene rings is 2. The summed E-state index contributed by atoms with van der Waals surface area (Å²) in [7, 11) is 0.